The van der Waals surface area contributed by atoms with E-state index in [2.05, 4.69) is 10.6 Å². The van der Waals surface area contributed by atoms with Crippen LogP contribution < -0.4 is 10.6 Å². The van der Waals surface area contributed by atoms with Crippen LogP contribution in [-0.2, 0) is 4.79 Å². The molecule has 0 aromatic heterocycles. The maximum Gasteiger partial charge on any atom is 0.221 e. The molecule has 0 aliphatic carbocycles. The fourth-order valence-electron chi connectivity index (χ4n) is 1.66. The van der Waals surface area contributed by atoms with Crippen LogP contribution in [0.15, 0.2) is 0 Å². The highest BCUT2D eigenvalue weighted by Gasteiger charge is 2.13. The highest BCUT2D eigenvalue weighted by atomic mass is 32.2. The monoisotopic (exact) mass is 216 g/mol. The molecule has 1 amide bonds. The van der Waals surface area contributed by atoms with Crippen molar-refractivity contribution in [2.45, 2.75) is 31.7 Å². The number of rotatable bonds is 4. The van der Waals surface area contributed by atoms with E-state index >= 15 is 0 Å². The van der Waals surface area contributed by atoms with Crippen LogP contribution in [-0.4, -0.2) is 37.0 Å². The second-order valence-corrected chi connectivity index (χ2v) is 4.67. The van der Waals surface area contributed by atoms with Crippen LogP contribution in [0.1, 0.15) is 25.7 Å². The Balaban J connectivity index is 2.17. The molecular weight excluding hydrogens is 196 g/mol. The Morgan fingerprint density at radius 3 is 3.14 bits per heavy atom. The van der Waals surface area contributed by atoms with Gasteiger partial charge in [-0.1, -0.05) is 0 Å². The highest BCUT2D eigenvalue weighted by Crippen LogP contribution is 2.05. The van der Waals surface area contributed by atoms with Crippen molar-refractivity contribution in [3.05, 3.63) is 0 Å². The summed E-state index contributed by atoms with van der Waals surface area (Å²) in [7, 11) is 0. The predicted molar refractivity (Wildman–Crippen MR) is 61.7 cm³/mol. The Morgan fingerprint density at radius 2 is 2.36 bits per heavy atom. The lowest BCUT2D eigenvalue weighted by molar-refractivity contribution is -0.121. The zero-order valence-corrected chi connectivity index (χ0v) is 9.66. The number of thioether (sulfide) groups is 1. The fraction of sp³-hybridized carbons (Fsp3) is 0.900. The normalized spacial score (nSPS) is 22.8. The summed E-state index contributed by atoms with van der Waals surface area (Å²) < 4.78 is 0. The lowest BCUT2D eigenvalue weighted by Gasteiger charge is -2.15. The Hall–Kier alpha value is -0.220. The van der Waals surface area contributed by atoms with E-state index in [4.69, 9.17) is 0 Å². The summed E-state index contributed by atoms with van der Waals surface area (Å²) in [4.78, 5) is 11.4. The fourth-order valence-corrected chi connectivity index (χ4v) is 2.05. The number of hydrogen-bond donors (Lipinski definition) is 2. The van der Waals surface area contributed by atoms with Crippen LogP contribution >= 0.6 is 11.8 Å². The summed E-state index contributed by atoms with van der Waals surface area (Å²) in [5.41, 5.74) is 0. The second kappa shape index (κ2) is 7.12. The molecule has 1 rings (SSSR count). The van der Waals surface area contributed by atoms with E-state index in [1.807, 2.05) is 6.26 Å². The Morgan fingerprint density at radius 1 is 1.50 bits per heavy atom. The van der Waals surface area contributed by atoms with Crippen molar-refractivity contribution < 1.29 is 4.79 Å². The second-order valence-electron chi connectivity index (χ2n) is 3.69. The van der Waals surface area contributed by atoms with Gasteiger partial charge in [-0.2, -0.15) is 11.8 Å². The van der Waals surface area contributed by atoms with Crippen molar-refractivity contribution in [3.63, 3.8) is 0 Å². The summed E-state index contributed by atoms with van der Waals surface area (Å²) in [6, 6.07) is 0.402. The van der Waals surface area contributed by atoms with Crippen LogP contribution in [0.4, 0.5) is 0 Å². The van der Waals surface area contributed by atoms with Gasteiger partial charge in [0.15, 0.2) is 0 Å². The molecule has 1 heterocycles. The molecule has 0 saturated carbocycles. The molecule has 3 nitrogen and oxygen atoms in total. The molecule has 4 heteroatoms. The maximum absolute atomic E-state index is 11.4. The standard InChI is InChI=1S/C10H20N2OS/c1-14-8-5-10(13)12-9-3-2-6-11-7-4-9/h9,11H,2-8H2,1H3,(H,12,13). The van der Waals surface area contributed by atoms with Gasteiger partial charge in [0.1, 0.15) is 0 Å². The van der Waals surface area contributed by atoms with Gasteiger partial charge >= 0.3 is 0 Å². The number of carbonyl (C=O) groups excluding carboxylic acids is 1. The van der Waals surface area contributed by atoms with Crippen LogP contribution in [0.25, 0.3) is 0 Å². The first kappa shape index (κ1) is 11.9. The van der Waals surface area contributed by atoms with Crippen LogP contribution in [0.2, 0.25) is 0 Å². The number of hydrogen-bond acceptors (Lipinski definition) is 3. The van der Waals surface area contributed by atoms with Gasteiger partial charge in [0.2, 0.25) is 5.91 Å². The third-order valence-corrected chi connectivity index (χ3v) is 3.09. The molecular formula is C10H20N2OS. The van der Waals surface area contributed by atoms with Gasteiger partial charge < -0.3 is 10.6 Å². The Bertz CT molecular complexity index is 168. The van der Waals surface area contributed by atoms with Gasteiger partial charge in [0, 0.05) is 18.2 Å². The largest absolute Gasteiger partial charge is 0.353 e. The molecule has 1 aliphatic heterocycles. The molecule has 82 valence electrons. The summed E-state index contributed by atoms with van der Waals surface area (Å²) in [6.07, 6.45) is 6.06. The summed E-state index contributed by atoms with van der Waals surface area (Å²) in [6.45, 7) is 2.13. The molecule has 1 atom stereocenters. The minimum Gasteiger partial charge on any atom is -0.353 e. The van der Waals surface area contributed by atoms with Gasteiger partial charge in [0.05, 0.1) is 0 Å². The molecule has 14 heavy (non-hydrogen) atoms. The average Bonchev–Trinajstić information content (AvgIpc) is 2.43. The van der Waals surface area contributed by atoms with Crippen LogP contribution in [0.5, 0.6) is 0 Å². The molecule has 1 aliphatic rings. The first-order valence-corrected chi connectivity index (χ1v) is 6.71. The van der Waals surface area contributed by atoms with E-state index in [1.54, 1.807) is 11.8 Å². The Kier molecular flexibility index (Phi) is 6.03. The van der Waals surface area contributed by atoms with Crippen molar-refractivity contribution in [1.82, 2.24) is 10.6 Å². The zero-order chi connectivity index (χ0) is 10.2. The molecule has 0 spiro atoms. The maximum atomic E-state index is 11.4. The van der Waals surface area contributed by atoms with E-state index in [0.717, 1.165) is 31.7 Å². The lowest BCUT2D eigenvalue weighted by Crippen LogP contribution is -2.35. The number of carbonyl (C=O) groups is 1. The molecule has 0 aromatic carbocycles. The molecule has 0 radical (unpaired) electrons. The minimum absolute atomic E-state index is 0.214. The smallest absolute Gasteiger partial charge is 0.221 e. The first-order chi connectivity index (χ1) is 6.83. The molecule has 1 saturated heterocycles. The first-order valence-electron chi connectivity index (χ1n) is 5.32. The van der Waals surface area contributed by atoms with E-state index in [-0.39, 0.29) is 5.91 Å². The van der Waals surface area contributed by atoms with Gasteiger partial charge in [-0.3, -0.25) is 4.79 Å². The van der Waals surface area contributed by atoms with Gasteiger partial charge in [-0.25, -0.2) is 0 Å². The third-order valence-electron chi connectivity index (χ3n) is 2.47. The SMILES string of the molecule is CSCCC(=O)NC1CCCNCC1. The van der Waals surface area contributed by atoms with Crippen molar-refractivity contribution in [3.8, 4) is 0 Å². The molecule has 0 bridgehead atoms. The molecule has 0 aromatic rings. The van der Waals surface area contributed by atoms with E-state index in [1.165, 1.54) is 6.42 Å². The van der Waals surface area contributed by atoms with Crippen LogP contribution in [0, 0.1) is 0 Å². The van der Waals surface area contributed by atoms with E-state index in [0.29, 0.717) is 12.5 Å². The van der Waals surface area contributed by atoms with Gasteiger partial charge in [-0.15, -0.1) is 0 Å². The molecule has 1 unspecified atom stereocenters. The predicted octanol–water partition coefficient (Wildman–Crippen LogP) is 0.998. The van der Waals surface area contributed by atoms with Gasteiger partial charge in [-0.05, 0) is 38.6 Å². The zero-order valence-electron chi connectivity index (χ0n) is 8.84. The number of amides is 1. The highest BCUT2D eigenvalue weighted by molar-refractivity contribution is 7.98. The summed E-state index contributed by atoms with van der Waals surface area (Å²) in [5.74, 6) is 1.14. The minimum atomic E-state index is 0.214. The van der Waals surface area contributed by atoms with Crippen molar-refractivity contribution in [2.24, 2.45) is 0 Å². The van der Waals surface area contributed by atoms with Crippen molar-refractivity contribution in [2.75, 3.05) is 25.1 Å². The van der Waals surface area contributed by atoms with E-state index in [9.17, 15) is 4.79 Å². The van der Waals surface area contributed by atoms with Crippen molar-refractivity contribution in [1.29, 1.82) is 0 Å². The van der Waals surface area contributed by atoms with Crippen molar-refractivity contribution >= 4 is 17.7 Å². The van der Waals surface area contributed by atoms with Gasteiger partial charge in [0.25, 0.3) is 0 Å². The van der Waals surface area contributed by atoms with Crippen LogP contribution in [0.3, 0.4) is 0 Å². The molecule has 1 fully saturated rings. The Labute approximate surface area is 90.4 Å². The average molecular weight is 216 g/mol. The topological polar surface area (TPSA) is 41.1 Å². The summed E-state index contributed by atoms with van der Waals surface area (Å²) >= 11 is 1.72. The lowest BCUT2D eigenvalue weighted by atomic mass is 10.1. The quantitative estimate of drug-likeness (QED) is 0.736. The summed E-state index contributed by atoms with van der Waals surface area (Å²) in [5, 5.41) is 6.44. The van der Waals surface area contributed by atoms with E-state index < -0.39 is 0 Å². The molecule has 2 N–H and O–H groups in total. The third kappa shape index (κ3) is 4.86. The number of nitrogens with one attached hydrogen (secondary N) is 2.